The molecule has 0 aliphatic carbocycles. The Hall–Kier alpha value is -0.990. The Morgan fingerprint density at radius 1 is 1.17 bits per heavy atom. The third kappa shape index (κ3) is 3.27. The van der Waals surface area contributed by atoms with Crippen molar-refractivity contribution < 1.29 is 20.7 Å². The maximum Gasteiger partial charge on any atom is 0.332 e. The van der Waals surface area contributed by atoms with E-state index in [0.717, 1.165) is 16.4 Å². The average Bonchev–Trinajstić information content (AvgIpc) is 2.28. The van der Waals surface area contributed by atoms with Gasteiger partial charge in [0.2, 0.25) is 10.0 Å². The van der Waals surface area contributed by atoms with Crippen LogP contribution in [0, 0.1) is 0 Å². The van der Waals surface area contributed by atoms with Gasteiger partial charge in [0.25, 0.3) is 0 Å². The van der Waals surface area contributed by atoms with Gasteiger partial charge in [-0.15, -0.1) is 3.89 Å². The van der Waals surface area contributed by atoms with Gasteiger partial charge < -0.3 is 0 Å². The summed E-state index contributed by atoms with van der Waals surface area (Å²) in [5.41, 5.74) is 0. The summed E-state index contributed by atoms with van der Waals surface area (Å²) < 4.78 is 59.4. The first-order valence-electron chi connectivity index (χ1n) is 5.20. The summed E-state index contributed by atoms with van der Waals surface area (Å²) >= 11 is 0. The fourth-order valence-corrected chi connectivity index (χ4v) is 3.29. The third-order valence-corrected chi connectivity index (χ3v) is 5.00. The molecule has 5 nitrogen and oxygen atoms in total. The van der Waals surface area contributed by atoms with Crippen molar-refractivity contribution in [2.75, 3.05) is 13.6 Å². The Bertz CT molecular complexity index is 625. The minimum absolute atomic E-state index is 0.239. The van der Waals surface area contributed by atoms with Crippen LogP contribution in [0.15, 0.2) is 34.1 Å². The van der Waals surface area contributed by atoms with Crippen LogP contribution in [0.5, 0.6) is 0 Å². The van der Waals surface area contributed by atoms with Gasteiger partial charge in [0, 0.05) is 13.6 Å². The van der Waals surface area contributed by atoms with Gasteiger partial charge in [-0.25, -0.2) is 12.7 Å². The van der Waals surface area contributed by atoms with Crippen LogP contribution < -0.4 is 0 Å². The van der Waals surface area contributed by atoms with E-state index >= 15 is 0 Å². The molecule has 0 aliphatic rings. The van der Waals surface area contributed by atoms with E-state index in [1.54, 1.807) is 0 Å². The molecule has 1 aromatic rings. The Kier molecular flexibility index (Phi) is 4.46. The molecule has 0 spiro atoms. The maximum atomic E-state index is 12.8. The molecule has 0 amide bonds. The van der Waals surface area contributed by atoms with Crippen LogP contribution in [0.3, 0.4) is 0 Å². The number of rotatable bonds is 5. The molecular formula is C10H14FNO4S2. The highest BCUT2D eigenvalue weighted by atomic mass is 32.3. The zero-order chi connectivity index (χ0) is 14.0. The summed E-state index contributed by atoms with van der Waals surface area (Å²) in [6.07, 6.45) is 0.622. The molecule has 0 heterocycles. The zero-order valence-electron chi connectivity index (χ0n) is 10.00. The maximum absolute atomic E-state index is 12.8. The van der Waals surface area contributed by atoms with Crippen molar-refractivity contribution in [3.05, 3.63) is 24.3 Å². The van der Waals surface area contributed by atoms with Crippen LogP contribution in [-0.4, -0.2) is 34.7 Å². The quantitative estimate of drug-likeness (QED) is 0.769. The highest BCUT2D eigenvalue weighted by molar-refractivity contribution is 7.89. The van der Waals surface area contributed by atoms with Crippen LogP contribution >= 0.6 is 0 Å². The largest absolute Gasteiger partial charge is 0.332 e. The number of benzene rings is 1. The average molecular weight is 295 g/mol. The number of nitrogens with zero attached hydrogens (tertiary/aromatic N) is 1. The van der Waals surface area contributed by atoms with Crippen LogP contribution in [0.2, 0.25) is 0 Å². The summed E-state index contributed by atoms with van der Waals surface area (Å²) in [4.78, 5) is -0.898. The highest BCUT2D eigenvalue weighted by Gasteiger charge is 2.22. The smallest absolute Gasteiger partial charge is 0.207 e. The van der Waals surface area contributed by atoms with Crippen LogP contribution in [0.25, 0.3) is 0 Å². The molecule has 8 heteroatoms. The minimum atomic E-state index is -4.91. The van der Waals surface area contributed by atoms with Gasteiger partial charge in [0.1, 0.15) is 0 Å². The van der Waals surface area contributed by atoms with Gasteiger partial charge >= 0.3 is 10.2 Å². The van der Waals surface area contributed by atoms with E-state index < -0.39 is 25.1 Å². The van der Waals surface area contributed by atoms with E-state index in [1.165, 1.54) is 19.2 Å². The molecule has 0 bridgehead atoms. The lowest BCUT2D eigenvalue weighted by Crippen LogP contribution is -2.27. The molecule has 18 heavy (non-hydrogen) atoms. The van der Waals surface area contributed by atoms with Crippen LogP contribution in [0.4, 0.5) is 3.89 Å². The van der Waals surface area contributed by atoms with E-state index in [-0.39, 0.29) is 4.90 Å². The molecule has 1 rings (SSSR count). The van der Waals surface area contributed by atoms with Crippen molar-refractivity contribution in [3.63, 3.8) is 0 Å². The van der Waals surface area contributed by atoms with Gasteiger partial charge in [0.05, 0.1) is 9.79 Å². The first-order chi connectivity index (χ1) is 8.19. The minimum Gasteiger partial charge on any atom is -0.207 e. The predicted molar refractivity (Wildman–Crippen MR) is 64.8 cm³/mol. The van der Waals surface area contributed by atoms with Gasteiger partial charge in [0.15, 0.2) is 0 Å². The Balaban J connectivity index is 3.27. The monoisotopic (exact) mass is 295 g/mol. The molecule has 0 N–H and O–H groups in total. The fraction of sp³-hybridized carbons (Fsp3) is 0.400. The van der Waals surface area contributed by atoms with Gasteiger partial charge in [-0.1, -0.05) is 13.0 Å². The Morgan fingerprint density at radius 2 is 1.72 bits per heavy atom. The topological polar surface area (TPSA) is 71.5 Å². The molecule has 0 fully saturated rings. The summed E-state index contributed by atoms with van der Waals surface area (Å²) in [6.45, 7) is 2.11. The Morgan fingerprint density at radius 3 is 2.22 bits per heavy atom. The molecule has 1 aromatic carbocycles. The number of sulfonamides is 1. The Labute approximate surface area is 106 Å². The number of hydrogen-bond acceptors (Lipinski definition) is 4. The molecule has 0 aromatic heterocycles. The molecule has 0 unspecified atom stereocenters. The second-order valence-electron chi connectivity index (χ2n) is 3.74. The second kappa shape index (κ2) is 5.33. The lowest BCUT2D eigenvalue weighted by Gasteiger charge is -2.16. The number of hydrogen-bond donors (Lipinski definition) is 0. The van der Waals surface area contributed by atoms with Crippen LogP contribution in [-0.2, 0) is 20.2 Å². The van der Waals surface area contributed by atoms with Crippen molar-refractivity contribution in [3.8, 4) is 0 Å². The molecule has 0 aliphatic heterocycles. The predicted octanol–water partition coefficient (Wildman–Crippen LogP) is 1.38. The van der Waals surface area contributed by atoms with Crippen molar-refractivity contribution in [1.82, 2.24) is 4.31 Å². The summed E-state index contributed by atoms with van der Waals surface area (Å²) in [5, 5.41) is 0. The van der Waals surface area contributed by atoms with E-state index in [0.29, 0.717) is 13.0 Å². The van der Waals surface area contributed by atoms with E-state index in [1.807, 2.05) is 6.92 Å². The SMILES string of the molecule is CCCN(C)S(=O)(=O)c1cccc(S(=O)(=O)F)c1. The molecule has 0 atom stereocenters. The summed E-state index contributed by atoms with van der Waals surface area (Å²) in [7, 11) is -7.30. The fourth-order valence-electron chi connectivity index (χ4n) is 1.40. The van der Waals surface area contributed by atoms with Gasteiger partial charge in [-0.05, 0) is 24.6 Å². The van der Waals surface area contributed by atoms with E-state index in [9.17, 15) is 20.7 Å². The summed E-state index contributed by atoms with van der Waals surface area (Å²) in [6, 6.07) is 4.25. The van der Waals surface area contributed by atoms with Gasteiger partial charge in [-0.2, -0.15) is 8.42 Å². The van der Waals surface area contributed by atoms with Gasteiger partial charge in [-0.3, -0.25) is 0 Å². The second-order valence-corrected chi connectivity index (χ2v) is 7.13. The lowest BCUT2D eigenvalue weighted by molar-refractivity contribution is 0.468. The zero-order valence-corrected chi connectivity index (χ0v) is 11.6. The first-order valence-corrected chi connectivity index (χ1v) is 8.03. The van der Waals surface area contributed by atoms with E-state index in [2.05, 4.69) is 0 Å². The van der Waals surface area contributed by atoms with E-state index in [4.69, 9.17) is 0 Å². The van der Waals surface area contributed by atoms with Crippen molar-refractivity contribution >= 4 is 20.2 Å². The molecule has 0 radical (unpaired) electrons. The molecule has 102 valence electrons. The third-order valence-electron chi connectivity index (χ3n) is 2.33. The highest BCUT2D eigenvalue weighted by Crippen LogP contribution is 2.20. The number of halogens is 1. The van der Waals surface area contributed by atoms with Crippen molar-refractivity contribution in [1.29, 1.82) is 0 Å². The van der Waals surface area contributed by atoms with Crippen LogP contribution in [0.1, 0.15) is 13.3 Å². The van der Waals surface area contributed by atoms with Crippen molar-refractivity contribution in [2.24, 2.45) is 0 Å². The van der Waals surface area contributed by atoms with Crippen molar-refractivity contribution in [2.45, 2.75) is 23.1 Å². The summed E-state index contributed by atoms with van der Waals surface area (Å²) in [5.74, 6) is 0. The standard InChI is InChI=1S/C10H14FNO4S2/c1-3-7-12(2)18(15,16)10-6-4-5-9(8-10)17(11,13)14/h4-6,8H,3,7H2,1-2H3. The normalized spacial score (nSPS) is 12.9. The molecule has 0 saturated carbocycles. The first kappa shape index (κ1) is 15.1. The molecular weight excluding hydrogens is 281 g/mol. The lowest BCUT2D eigenvalue weighted by atomic mass is 10.4. The molecule has 0 saturated heterocycles.